The Morgan fingerprint density at radius 2 is 2.00 bits per heavy atom. The average Bonchev–Trinajstić information content (AvgIpc) is 3.19. The predicted octanol–water partition coefficient (Wildman–Crippen LogP) is 3.05. The molecule has 0 aromatic heterocycles. The van der Waals surface area contributed by atoms with Gasteiger partial charge in [0, 0.05) is 23.5 Å². The first kappa shape index (κ1) is 13.6. The van der Waals surface area contributed by atoms with Crippen molar-refractivity contribution >= 4 is 17.6 Å². The highest BCUT2D eigenvalue weighted by molar-refractivity contribution is 7.99. The second-order valence-corrected chi connectivity index (χ2v) is 6.70. The van der Waals surface area contributed by atoms with E-state index in [-0.39, 0.29) is 5.41 Å². The highest BCUT2D eigenvalue weighted by atomic mass is 32.2. The lowest BCUT2D eigenvalue weighted by Gasteiger charge is -2.14. The number of fused-ring (bicyclic) bond motifs is 1. The maximum atomic E-state index is 7.45. The molecule has 1 heterocycles. The smallest absolute Gasteiger partial charge is 0.162 e. The van der Waals surface area contributed by atoms with Crippen LogP contribution in [0.1, 0.15) is 25.7 Å². The predicted molar refractivity (Wildman–Crippen MR) is 81.0 cm³/mol. The van der Waals surface area contributed by atoms with Crippen LogP contribution in [0.3, 0.4) is 0 Å². The summed E-state index contributed by atoms with van der Waals surface area (Å²) in [7, 11) is 0. The molecule has 5 heteroatoms. The molecule has 0 saturated heterocycles. The van der Waals surface area contributed by atoms with Crippen molar-refractivity contribution < 1.29 is 9.47 Å². The van der Waals surface area contributed by atoms with Gasteiger partial charge in [-0.3, -0.25) is 5.41 Å². The number of benzene rings is 1. The molecular weight excluding hydrogens is 272 g/mol. The van der Waals surface area contributed by atoms with Gasteiger partial charge in [-0.05, 0) is 36.5 Å². The van der Waals surface area contributed by atoms with E-state index in [0.29, 0.717) is 5.84 Å². The second kappa shape index (κ2) is 5.56. The van der Waals surface area contributed by atoms with Crippen molar-refractivity contribution in [1.82, 2.24) is 0 Å². The third-order valence-electron chi connectivity index (χ3n) is 3.79. The van der Waals surface area contributed by atoms with Crippen molar-refractivity contribution in [2.45, 2.75) is 30.6 Å². The van der Waals surface area contributed by atoms with Crippen molar-refractivity contribution in [3.8, 4) is 11.5 Å². The normalized spacial score (nSPS) is 19.2. The molecule has 108 valence electrons. The fraction of sp³-hybridized carbons (Fsp3) is 0.533. The fourth-order valence-electron chi connectivity index (χ4n) is 2.42. The Bertz CT molecular complexity index is 515. The molecule has 1 aliphatic heterocycles. The molecule has 1 fully saturated rings. The Morgan fingerprint density at radius 1 is 1.25 bits per heavy atom. The molecule has 3 rings (SSSR count). The van der Waals surface area contributed by atoms with Crippen LogP contribution in [0.5, 0.6) is 11.5 Å². The summed E-state index contributed by atoms with van der Waals surface area (Å²) >= 11 is 1.82. The first-order chi connectivity index (χ1) is 9.67. The van der Waals surface area contributed by atoms with E-state index in [4.69, 9.17) is 20.6 Å². The Morgan fingerprint density at radius 3 is 2.70 bits per heavy atom. The minimum absolute atomic E-state index is 0.265. The fourth-order valence-corrected chi connectivity index (χ4v) is 3.64. The summed E-state index contributed by atoms with van der Waals surface area (Å²) in [4.78, 5) is 1.20. The molecule has 0 amide bonds. The highest BCUT2D eigenvalue weighted by Crippen LogP contribution is 2.52. The zero-order valence-corrected chi connectivity index (χ0v) is 12.3. The number of nitrogens with two attached hydrogens (primary N) is 1. The van der Waals surface area contributed by atoms with E-state index in [2.05, 4.69) is 12.1 Å². The second-order valence-electron chi connectivity index (χ2n) is 5.65. The molecule has 0 unspecified atom stereocenters. The topological polar surface area (TPSA) is 68.3 Å². The van der Waals surface area contributed by atoms with Crippen LogP contribution in [-0.2, 0) is 0 Å². The molecule has 0 radical (unpaired) electrons. The monoisotopic (exact) mass is 292 g/mol. The molecule has 1 aromatic carbocycles. The van der Waals surface area contributed by atoms with Crippen molar-refractivity contribution in [3.63, 3.8) is 0 Å². The van der Waals surface area contributed by atoms with E-state index in [1.807, 2.05) is 17.8 Å². The molecule has 0 spiro atoms. The van der Waals surface area contributed by atoms with Gasteiger partial charge in [-0.25, -0.2) is 0 Å². The van der Waals surface area contributed by atoms with Gasteiger partial charge in [-0.15, -0.1) is 11.8 Å². The van der Waals surface area contributed by atoms with Crippen LogP contribution in [0.2, 0.25) is 0 Å². The maximum Gasteiger partial charge on any atom is 0.162 e. The van der Waals surface area contributed by atoms with Crippen molar-refractivity contribution in [1.29, 1.82) is 5.41 Å². The summed E-state index contributed by atoms with van der Waals surface area (Å²) in [6.45, 7) is 1.44. The number of nitrogens with one attached hydrogen (secondary N) is 1. The van der Waals surface area contributed by atoms with Gasteiger partial charge in [-0.1, -0.05) is 0 Å². The van der Waals surface area contributed by atoms with E-state index in [9.17, 15) is 0 Å². The molecule has 2 aliphatic rings. The summed E-state index contributed by atoms with van der Waals surface area (Å²) in [6.07, 6.45) is 4.03. The zero-order valence-electron chi connectivity index (χ0n) is 11.5. The molecule has 1 aliphatic carbocycles. The van der Waals surface area contributed by atoms with Gasteiger partial charge < -0.3 is 15.2 Å². The zero-order chi connectivity index (χ0) is 14.0. The van der Waals surface area contributed by atoms with Gasteiger partial charge in [0.25, 0.3) is 0 Å². The van der Waals surface area contributed by atoms with E-state index in [1.165, 1.54) is 17.7 Å². The summed E-state index contributed by atoms with van der Waals surface area (Å²) in [6, 6.07) is 6.14. The molecular formula is C15H20N2O2S. The first-order valence-corrected chi connectivity index (χ1v) is 8.01. The average molecular weight is 292 g/mol. The van der Waals surface area contributed by atoms with Crippen LogP contribution in [0.25, 0.3) is 0 Å². The van der Waals surface area contributed by atoms with Crippen molar-refractivity contribution in [2.75, 3.05) is 19.0 Å². The van der Waals surface area contributed by atoms with Gasteiger partial charge >= 0.3 is 0 Å². The van der Waals surface area contributed by atoms with Crippen molar-refractivity contribution in [2.24, 2.45) is 11.1 Å². The van der Waals surface area contributed by atoms with Gasteiger partial charge in [0.2, 0.25) is 0 Å². The minimum atomic E-state index is 0.265. The number of ether oxygens (including phenoxy) is 2. The summed E-state index contributed by atoms with van der Waals surface area (Å²) < 4.78 is 11.3. The third-order valence-corrected chi connectivity index (χ3v) is 5.13. The summed E-state index contributed by atoms with van der Waals surface area (Å²) in [5.41, 5.74) is 5.80. The number of rotatable bonds is 5. The Kier molecular flexibility index (Phi) is 3.78. The lowest BCUT2D eigenvalue weighted by atomic mass is 10.1. The highest BCUT2D eigenvalue weighted by Gasteiger charge is 2.42. The third kappa shape index (κ3) is 3.20. The van der Waals surface area contributed by atoms with Gasteiger partial charge in [0.1, 0.15) is 0 Å². The van der Waals surface area contributed by atoms with Crippen LogP contribution in [0, 0.1) is 10.8 Å². The van der Waals surface area contributed by atoms with Crippen LogP contribution < -0.4 is 15.2 Å². The molecule has 4 nitrogen and oxygen atoms in total. The van der Waals surface area contributed by atoms with Crippen molar-refractivity contribution in [3.05, 3.63) is 18.2 Å². The minimum Gasteiger partial charge on any atom is -0.490 e. The number of hydrogen-bond acceptors (Lipinski definition) is 4. The molecule has 0 bridgehead atoms. The Labute approximate surface area is 123 Å². The van der Waals surface area contributed by atoms with Gasteiger partial charge in [-0.2, -0.15) is 0 Å². The molecule has 1 saturated carbocycles. The largest absolute Gasteiger partial charge is 0.490 e. The number of hydrogen-bond donors (Lipinski definition) is 2. The first-order valence-electron chi connectivity index (χ1n) is 7.02. The van der Waals surface area contributed by atoms with Crippen LogP contribution in [0.15, 0.2) is 23.1 Å². The SMILES string of the molecule is N=C(N)CC1(CSc2ccc3c(c2)OCCCO3)CC1. The molecule has 0 atom stereocenters. The maximum absolute atomic E-state index is 7.45. The number of amidine groups is 1. The van der Waals surface area contributed by atoms with Crippen LogP contribution in [0.4, 0.5) is 0 Å². The quantitative estimate of drug-likeness (QED) is 0.497. The van der Waals surface area contributed by atoms with Crippen LogP contribution >= 0.6 is 11.8 Å². The summed E-state index contributed by atoms with van der Waals surface area (Å²) in [5, 5.41) is 7.45. The van der Waals surface area contributed by atoms with Gasteiger partial charge in [0.15, 0.2) is 11.5 Å². The lowest BCUT2D eigenvalue weighted by Crippen LogP contribution is -2.18. The van der Waals surface area contributed by atoms with E-state index in [0.717, 1.165) is 43.3 Å². The van der Waals surface area contributed by atoms with E-state index >= 15 is 0 Å². The standard InChI is InChI=1S/C15H20N2O2S/c16-14(17)9-15(4-5-15)10-20-11-2-3-12-13(8-11)19-7-1-6-18-12/h2-3,8H,1,4-7,9-10H2,(H3,16,17). The van der Waals surface area contributed by atoms with Crippen LogP contribution in [-0.4, -0.2) is 24.8 Å². The molecule has 3 N–H and O–H groups in total. The Balaban J connectivity index is 1.63. The van der Waals surface area contributed by atoms with E-state index in [1.54, 1.807) is 0 Å². The summed E-state index contributed by atoms with van der Waals surface area (Å²) in [5.74, 6) is 3.02. The lowest BCUT2D eigenvalue weighted by molar-refractivity contribution is 0.297. The van der Waals surface area contributed by atoms with Gasteiger partial charge in [0.05, 0.1) is 19.0 Å². The molecule has 1 aromatic rings. The van der Waals surface area contributed by atoms with E-state index < -0.39 is 0 Å². The number of thioether (sulfide) groups is 1. The Hall–Kier alpha value is -1.36. The molecule has 20 heavy (non-hydrogen) atoms.